The van der Waals surface area contributed by atoms with E-state index in [1.54, 1.807) is 13.8 Å². The van der Waals surface area contributed by atoms with Gasteiger partial charge in [-0.05, 0) is 13.8 Å². The molecule has 1 atom stereocenters. The minimum Gasteiger partial charge on any atom is -0.409 e. The van der Waals surface area contributed by atoms with Gasteiger partial charge in [0.1, 0.15) is 5.84 Å². The molecule has 0 aromatic rings. The fourth-order valence-electron chi connectivity index (χ4n) is 0.950. The summed E-state index contributed by atoms with van der Waals surface area (Å²) < 4.78 is 24.0. The van der Waals surface area contributed by atoms with E-state index in [1.165, 1.54) is 11.4 Å². The third kappa shape index (κ3) is 3.51. The van der Waals surface area contributed by atoms with Gasteiger partial charge in [-0.3, -0.25) is 0 Å². The van der Waals surface area contributed by atoms with Crippen LogP contribution in [0.3, 0.4) is 0 Å². The van der Waals surface area contributed by atoms with Gasteiger partial charge >= 0.3 is 0 Å². The number of hydrogen-bond acceptors (Lipinski definition) is 4. The van der Waals surface area contributed by atoms with Crippen LogP contribution in [0.25, 0.3) is 0 Å². The van der Waals surface area contributed by atoms with Gasteiger partial charge < -0.3 is 10.9 Å². The lowest BCUT2D eigenvalue weighted by molar-refractivity contribution is 0.313. The molecule has 0 heterocycles. The predicted octanol–water partition coefficient (Wildman–Crippen LogP) is -0.207. The number of sulfonamides is 1. The largest absolute Gasteiger partial charge is 0.409 e. The van der Waals surface area contributed by atoms with Crippen LogP contribution in [0.4, 0.5) is 0 Å². The first kappa shape index (κ1) is 13.2. The van der Waals surface area contributed by atoms with E-state index in [9.17, 15) is 8.42 Å². The Kier molecular flexibility index (Phi) is 4.86. The Morgan fingerprint density at radius 2 is 2.14 bits per heavy atom. The maximum absolute atomic E-state index is 11.4. The van der Waals surface area contributed by atoms with Crippen molar-refractivity contribution >= 4 is 15.9 Å². The highest BCUT2D eigenvalue weighted by Gasteiger charge is 2.21. The maximum atomic E-state index is 11.4. The second-order valence-electron chi connectivity index (χ2n) is 3.06. The first-order chi connectivity index (χ1) is 6.35. The Labute approximate surface area is 84.4 Å². The summed E-state index contributed by atoms with van der Waals surface area (Å²) >= 11 is 0. The van der Waals surface area contributed by atoms with Gasteiger partial charge in [-0.1, -0.05) is 5.16 Å². The van der Waals surface area contributed by atoms with E-state index >= 15 is 0 Å². The van der Waals surface area contributed by atoms with Crippen molar-refractivity contribution in [1.82, 2.24) is 4.31 Å². The number of rotatable bonds is 5. The van der Waals surface area contributed by atoms with Crippen LogP contribution < -0.4 is 5.73 Å². The second-order valence-corrected chi connectivity index (χ2v) is 5.38. The van der Waals surface area contributed by atoms with Gasteiger partial charge in [0, 0.05) is 19.5 Å². The van der Waals surface area contributed by atoms with E-state index in [4.69, 9.17) is 10.9 Å². The van der Waals surface area contributed by atoms with Crippen LogP contribution in [0.5, 0.6) is 0 Å². The normalized spacial score (nSPS) is 15.9. The van der Waals surface area contributed by atoms with Crippen molar-refractivity contribution in [2.24, 2.45) is 10.9 Å². The lowest BCUT2D eigenvalue weighted by atomic mass is 10.2. The number of nitrogens with zero attached hydrogens (tertiary/aromatic N) is 2. The molecule has 0 aromatic heterocycles. The van der Waals surface area contributed by atoms with Gasteiger partial charge in [-0.15, -0.1) is 0 Å². The molecule has 0 aromatic carbocycles. The van der Waals surface area contributed by atoms with Gasteiger partial charge in [-0.2, -0.15) is 0 Å². The molecule has 0 radical (unpaired) electrons. The molecule has 7 heteroatoms. The summed E-state index contributed by atoms with van der Waals surface area (Å²) in [5, 5.41) is 11.1. The van der Waals surface area contributed by atoms with Crippen molar-refractivity contribution in [2.45, 2.75) is 26.3 Å². The Bertz CT molecular complexity index is 299. The van der Waals surface area contributed by atoms with E-state index in [1.807, 2.05) is 0 Å². The van der Waals surface area contributed by atoms with Crippen LogP contribution in [-0.2, 0) is 10.0 Å². The fourth-order valence-corrected chi connectivity index (χ4v) is 1.98. The molecular formula is C7H17N3O3S. The number of amidine groups is 1. The summed E-state index contributed by atoms with van der Waals surface area (Å²) in [5.74, 6) is 0.0694. The third-order valence-electron chi connectivity index (χ3n) is 2.06. The maximum Gasteiger partial charge on any atom is 0.213 e. The molecule has 14 heavy (non-hydrogen) atoms. The first-order valence-electron chi connectivity index (χ1n) is 4.27. The van der Waals surface area contributed by atoms with Crippen LogP contribution in [-0.4, -0.2) is 42.6 Å². The molecule has 1 unspecified atom stereocenters. The molecular weight excluding hydrogens is 206 g/mol. The summed E-state index contributed by atoms with van der Waals surface area (Å²) in [7, 11) is -1.73. The standard InChI is InChI=1S/C7H17N3O3S/c1-4-14(12,13)10(3)6(2)5-7(8)9-11/h6,11H,4-5H2,1-3H3,(H2,8,9). The first-order valence-corrected chi connectivity index (χ1v) is 5.88. The Balaban J connectivity index is 4.48. The fraction of sp³-hybridized carbons (Fsp3) is 0.857. The summed E-state index contributed by atoms with van der Waals surface area (Å²) in [6.45, 7) is 3.27. The minimum atomic E-state index is -3.21. The molecule has 0 aliphatic rings. The van der Waals surface area contributed by atoms with Crippen LogP contribution in [0.2, 0.25) is 0 Å². The van der Waals surface area contributed by atoms with Gasteiger partial charge in [-0.25, -0.2) is 12.7 Å². The van der Waals surface area contributed by atoms with E-state index in [0.717, 1.165) is 0 Å². The molecule has 0 fully saturated rings. The summed E-state index contributed by atoms with van der Waals surface area (Å²) in [6.07, 6.45) is 0.215. The summed E-state index contributed by atoms with van der Waals surface area (Å²) in [4.78, 5) is 0. The Morgan fingerprint density at radius 1 is 1.64 bits per heavy atom. The lowest BCUT2D eigenvalue weighted by Gasteiger charge is -2.22. The van der Waals surface area contributed by atoms with Crippen LogP contribution in [0, 0.1) is 0 Å². The van der Waals surface area contributed by atoms with Crippen molar-refractivity contribution in [3.8, 4) is 0 Å². The lowest BCUT2D eigenvalue weighted by Crippen LogP contribution is -2.38. The highest BCUT2D eigenvalue weighted by Crippen LogP contribution is 2.07. The Morgan fingerprint density at radius 3 is 2.50 bits per heavy atom. The highest BCUT2D eigenvalue weighted by molar-refractivity contribution is 7.89. The zero-order valence-corrected chi connectivity index (χ0v) is 9.45. The van der Waals surface area contributed by atoms with Gasteiger partial charge in [0.2, 0.25) is 10.0 Å². The van der Waals surface area contributed by atoms with E-state index in [0.29, 0.717) is 0 Å². The molecule has 6 nitrogen and oxygen atoms in total. The highest BCUT2D eigenvalue weighted by atomic mass is 32.2. The molecule has 0 saturated carbocycles. The van der Waals surface area contributed by atoms with Crippen LogP contribution in [0.1, 0.15) is 20.3 Å². The van der Waals surface area contributed by atoms with E-state index < -0.39 is 10.0 Å². The smallest absolute Gasteiger partial charge is 0.213 e. The molecule has 0 aliphatic carbocycles. The second kappa shape index (κ2) is 5.16. The Hall–Kier alpha value is -0.820. The molecule has 0 amide bonds. The average molecular weight is 223 g/mol. The summed E-state index contributed by atoms with van der Waals surface area (Å²) in [6, 6.07) is -0.309. The minimum absolute atomic E-state index is 0.0238. The van der Waals surface area contributed by atoms with Crippen molar-refractivity contribution < 1.29 is 13.6 Å². The molecule has 84 valence electrons. The monoisotopic (exact) mass is 223 g/mol. The molecule has 0 aliphatic heterocycles. The van der Waals surface area contributed by atoms with Crippen LogP contribution in [0.15, 0.2) is 5.16 Å². The van der Waals surface area contributed by atoms with Gasteiger partial charge in [0.05, 0.1) is 5.75 Å². The van der Waals surface area contributed by atoms with Crippen LogP contribution >= 0.6 is 0 Å². The number of hydrogen-bond donors (Lipinski definition) is 2. The summed E-state index contributed by atoms with van der Waals surface area (Å²) in [5.41, 5.74) is 5.27. The third-order valence-corrected chi connectivity index (χ3v) is 4.02. The van der Waals surface area contributed by atoms with Crippen molar-refractivity contribution in [1.29, 1.82) is 0 Å². The van der Waals surface area contributed by atoms with Gasteiger partial charge in [0.25, 0.3) is 0 Å². The number of nitrogens with two attached hydrogens (primary N) is 1. The molecule has 0 bridgehead atoms. The molecule has 0 rings (SSSR count). The zero-order valence-electron chi connectivity index (χ0n) is 8.64. The van der Waals surface area contributed by atoms with Crippen molar-refractivity contribution in [3.63, 3.8) is 0 Å². The van der Waals surface area contributed by atoms with Gasteiger partial charge in [0.15, 0.2) is 0 Å². The molecule has 3 N–H and O–H groups in total. The van der Waals surface area contributed by atoms with E-state index in [-0.39, 0.29) is 24.1 Å². The zero-order chi connectivity index (χ0) is 11.4. The predicted molar refractivity (Wildman–Crippen MR) is 54.7 cm³/mol. The van der Waals surface area contributed by atoms with Crippen molar-refractivity contribution in [2.75, 3.05) is 12.8 Å². The average Bonchev–Trinajstić information content (AvgIpc) is 2.16. The number of oxime groups is 1. The topological polar surface area (TPSA) is 96.0 Å². The molecule has 0 spiro atoms. The molecule has 0 saturated heterocycles. The SMILES string of the molecule is CCS(=O)(=O)N(C)C(C)CC(N)=NO. The quantitative estimate of drug-likeness (QED) is 0.292. The van der Waals surface area contributed by atoms with E-state index in [2.05, 4.69) is 5.16 Å². The van der Waals surface area contributed by atoms with Crippen molar-refractivity contribution in [3.05, 3.63) is 0 Å².